The molecule has 0 aliphatic rings. The molecule has 136 valence electrons. The first-order valence-corrected chi connectivity index (χ1v) is 8.63. The third kappa shape index (κ3) is 4.26. The molecule has 0 unspecified atom stereocenters. The van der Waals surface area contributed by atoms with E-state index in [1.807, 2.05) is 6.07 Å². The van der Waals surface area contributed by atoms with E-state index in [4.69, 9.17) is 20.8 Å². The summed E-state index contributed by atoms with van der Waals surface area (Å²) in [7, 11) is 1.54. The van der Waals surface area contributed by atoms with E-state index >= 15 is 0 Å². The molecule has 0 bridgehead atoms. The molecule has 3 aromatic rings. The Morgan fingerprint density at radius 2 is 2.15 bits per heavy atom. The molecule has 6 nitrogen and oxygen atoms in total. The van der Waals surface area contributed by atoms with Gasteiger partial charge in [0.15, 0.2) is 0 Å². The highest BCUT2D eigenvalue weighted by atomic mass is 35.5. The number of amides is 1. The van der Waals surface area contributed by atoms with Gasteiger partial charge in [0.05, 0.1) is 23.9 Å². The maximum absolute atomic E-state index is 12.2. The first-order valence-electron chi connectivity index (χ1n) is 8.25. The van der Waals surface area contributed by atoms with Gasteiger partial charge in [-0.05, 0) is 36.8 Å². The largest absolute Gasteiger partial charge is 0.495 e. The Bertz CT molecular complexity index is 964. The maximum atomic E-state index is 12.2. The summed E-state index contributed by atoms with van der Waals surface area (Å²) < 4.78 is 10.4. The van der Waals surface area contributed by atoms with E-state index in [0.717, 1.165) is 11.1 Å². The van der Waals surface area contributed by atoms with Crippen LogP contribution in [-0.4, -0.2) is 24.5 Å². The summed E-state index contributed by atoms with van der Waals surface area (Å²) in [6, 6.07) is 8.86. The van der Waals surface area contributed by atoms with E-state index in [2.05, 4.69) is 10.3 Å². The van der Waals surface area contributed by atoms with Crippen LogP contribution in [0.2, 0.25) is 5.02 Å². The lowest BCUT2D eigenvalue weighted by Crippen LogP contribution is -2.27. The standard InChI is InChI=1S/C19H19ClN2O4/c1-25-17-10-13-9-12(19(24)22-16(13)11-15(17)20)6-7-21-18(23)5-4-14-3-2-8-26-14/h2-3,8-11H,4-7H2,1H3,(H,21,23)(H,22,24). The van der Waals surface area contributed by atoms with E-state index in [0.29, 0.717) is 47.7 Å². The molecule has 0 fully saturated rings. The summed E-state index contributed by atoms with van der Waals surface area (Å²) in [6.45, 7) is 0.385. The molecule has 1 aromatic carbocycles. The van der Waals surface area contributed by atoms with Gasteiger partial charge < -0.3 is 19.5 Å². The lowest BCUT2D eigenvalue weighted by Gasteiger charge is -2.08. The van der Waals surface area contributed by atoms with E-state index < -0.39 is 0 Å². The van der Waals surface area contributed by atoms with Gasteiger partial charge in [-0.25, -0.2) is 0 Å². The zero-order valence-corrected chi connectivity index (χ0v) is 15.1. The van der Waals surface area contributed by atoms with Crippen LogP contribution in [0.3, 0.4) is 0 Å². The number of fused-ring (bicyclic) bond motifs is 1. The van der Waals surface area contributed by atoms with Gasteiger partial charge in [-0.15, -0.1) is 0 Å². The molecule has 0 atom stereocenters. The highest BCUT2D eigenvalue weighted by Gasteiger charge is 2.09. The number of pyridine rings is 1. The van der Waals surface area contributed by atoms with E-state index in [9.17, 15) is 9.59 Å². The summed E-state index contributed by atoms with van der Waals surface area (Å²) in [6.07, 6.45) is 2.91. The first kappa shape index (κ1) is 18.1. The van der Waals surface area contributed by atoms with Crippen LogP contribution in [-0.2, 0) is 17.6 Å². The van der Waals surface area contributed by atoms with Gasteiger partial charge in [0.1, 0.15) is 11.5 Å². The van der Waals surface area contributed by atoms with Crippen molar-refractivity contribution in [3.8, 4) is 5.75 Å². The molecule has 0 saturated heterocycles. The fourth-order valence-electron chi connectivity index (χ4n) is 2.71. The molecule has 0 spiro atoms. The monoisotopic (exact) mass is 374 g/mol. The van der Waals surface area contributed by atoms with Crippen molar-refractivity contribution in [3.63, 3.8) is 0 Å². The fraction of sp³-hybridized carbons (Fsp3) is 0.263. The van der Waals surface area contributed by atoms with Crippen molar-refractivity contribution in [1.82, 2.24) is 10.3 Å². The van der Waals surface area contributed by atoms with E-state index in [-0.39, 0.29) is 11.5 Å². The van der Waals surface area contributed by atoms with E-state index in [1.165, 1.54) is 7.11 Å². The number of carbonyl (C=O) groups is 1. The number of nitrogens with one attached hydrogen (secondary N) is 2. The number of ether oxygens (including phenoxy) is 1. The molecular weight excluding hydrogens is 356 g/mol. The van der Waals surface area contributed by atoms with Gasteiger partial charge in [-0.2, -0.15) is 0 Å². The normalized spacial score (nSPS) is 10.8. The van der Waals surface area contributed by atoms with Crippen molar-refractivity contribution in [3.05, 3.63) is 63.3 Å². The van der Waals surface area contributed by atoms with Crippen LogP contribution in [0.4, 0.5) is 0 Å². The van der Waals surface area contributed by atoms with Crippen LogP contribution in [0.15, 0.2) is 45.8 Å². The van der Waals surface area contributed by atoms with Gasteiger partial charge in [0, 0.05) is 30.3 Å². The van der Waals surface area contributed by atoms with Crippen LogP contribution in [0, 0.1) is 0 Å². The Balaban J connectivity index is 1.61. The number of H-pyrrole nitrogens is 1. The SMILES string of the molecule is COc1cc2cc(CCNC(=O)CCc3ccco3)c(=O)[nH]c2cc1Cl. The highest BCUT2D eigenvalue weighted by molar-refractivity contribution is 6.32. The Morgan fingerprint density at radius 1 is 1.31 bits per heavy atom. The number of methoxy groups -OCH3 is 1. The minimum absolute atomic E-state index is 0.0768. The third-order valence-corrected chi connectivity index (χ3v) is 4.38. The van der Waals surface area contributed by atoms with Crippen LogP contribution in [0.5, 0.6) is 5.75 Å². The molecule has 2 N–H and O–H groups in total. The topological polar surface area (TPSA) is 84.3 Å². The Labute approximate surface area is 155 Å². The predicted octanol–water partition coefficient (Wildman–Crippen LogP) is 3.07. The molecule has 0 aliphatic carbocycles. The Hall–Kier alpha value is -2.73. The lowest BCUT2D eigenvalue weighted by atomic mass is 10.1. The van der Waals surface area contributed by atoms with Crippen LogP contribution in [0.1, 0.15) is 17.7 Å². The second-order valence-corrected chi connectivity index (χ2v) is 6.28. The molecule has 2 aromatic heterocycles. The van der Waals surface area contributed by atoms with Crippen LogP contribution < -0.4 is 15.6 Å². The van der Waals surface area contributed by atoms with Crippen LogP contribution >= 0.6 is 11.6 Å². The van der Waals surface area contributed by atoms with Gasteiger partial charge in [0.2, 0.25) is 5.91 Å². The fourth-order valence-corrected chi connectivity index (χ4v) is 2.95. The van der Waals surface area contributed by atoms with E-state index in [1.54, 1.807) is 30.5 Å². The zero-order valence-electron chi connectivity index (χ0n) is 14.3. The number of aromatic amines is 1. The molecule has 26 heavy (non-hydrogen) atoms. The highest BCUT2D eigenvalue weighted by Crippen LogP contribution is 2.28. The van der Waals surface area contributed by atoms with Crippen molar-refractivity contribution in [1.29, 1.82) is 0 Å². The smallest absolute Gasteiger partial charge is 0.251 e. The average Bonchev–Trinajstić information content (AvgIpc) is 3.14. The second kappa shape index (κ2) is 8.10. The van der Waals surface area contributed by atoms with Crippen molar-refractivity contribution < 1.29 is 13.9 Å². The van der Waals surface area contributed by atoms with Gasteiger partial charge >= 0.3 is 0 Å². The quantitative estimate of drug-likeness (QED) is 0.665. The number of aromatic nitrogens is 1. The Kier molecular flexibility index (Phi) is 5.63. The summed E-state index contributed by atoms with van der Waals surface area (Å²) >= 11 is 6.08. The molecule has 0 saturated carbocycles. The molecule has 1 amide bonds. The molecule has 0 radical (unpaired) electrons. The summed E-state index contributed by atoms with van der Waals surface area (Å²) in [4.78, 5) is 26.9. The van der Waals surface area contributed by atoms with Crippen LogP contribution in [0.25, 0.3) is 10.9 Å². The minimum atomic E-state index is -0.191. The number of benzene rings is 1. The Morgan fingerprint density at radius 3 is 2.88 bits per heavy atom. The van der Waals surface area contributed by atoms with Gasteiger partial charge in [-0.1, -0.05) is 11.6 Å². The predicted molar refractivity (Wildman–Crippen MR) is 99.9 cm³/mol. The maximum Gasteiger partial charge on any atom is 0.251 e. The van der Waals surface area contributed by atoms with Crippen molar-refractivity contribution in [2.45, 2.75) is 19.3 Å². The van der Waals surface area contributed by atoms with Gasteiger partial charge in [-0.3, -0.25) is 9.59 Å². The number of aryl methyl sites for hydroxylation is 1. The minimum Gasteiger partial charge on any atom is -0.495 e. The van der Waals surface area contributed by atoms with Crippen molar-refractivity contribution in [2.24, 2.45) is 0 Å². The molecule has 3 rings (SSSR count). The first-order chi connectivity index (χ1) is 12.6. The number of hydrogen-bond acceptors (Lipinski definition) is 4. The molecule has 0 aliphatic heterocycles. The number of halogens is 1. The average molecular weight is 375 g/mol. The molecule has 7 heteroatoms. The summed E-state index contributed by atoms with van der Waals surface area (Å²) in [5.41, 5.74) is 1.05. The number of furan rings is 1. The molecular formula is C19H19ClN2O4. The third-order valence-electron chi connectivity index (χ3n) is 4.09. The van der Waals surface area contributed by atoms with Crippen molar-refractivity contribution in [2.75, 3.05) is 13.7 Å². The number of carbonyl (C=O) groups excluding carboxylic acids is 1. The molecule has 2 heterocycles. The second-order valence-electron chi connectivity index (χ2n) is 5.88. The number of hydrogen-bond donors (Lipinski definition) is 2. The lowest BCUT2D eigenvalue weighted by molar-refractivity contribution is -0.121. The summed E-state index contributed by atoms with van der Waals surface area (Å²) in [5.74, 6) is 1.24. The zero-order chi connectivity index (χ0) is 18.5. The van der Waals surface area contributed by atoms with Crippen molar-refractivity contribution >= 4 is 28.4 Å². The number of rotatable bonds is 7. The summed E-state index contributed by atoms with van der Waals surface area (Å²) in [5, 5.41) is 4.08. The van der Waals surface area contributed by atoms with Gasteiger partial charge in [0.25, 0.3) is 5.56 Å².